The van der Waals surface area contributed by atoms with Crippen LogP contribution in [0.3, 0.4) is 0 Å². The van der Waals surface area contributed by atoms with Gasteiger partial charge in [0.2, 0.25) is 5.91 Å². The van der Waals surface area contributed by atoms with Crippen LogP contribution in [0, 0.1) is 11.8 Å². The molecule has 2 aromatic rings. The van der Waals surface area contributed by atoms with Gasteiger partial charge in [0.1, 0.15) is 0 Å². The number of hydrogen-bond donors (Lipinski definition) is 1. The molecule has 0 spiro atoms. The Hall–Kier alpha value is -2.16. The van der Waals surface area contributed by atoms with Crippen molar-refractivity contribution in [2.24, 2.45) is 11.8 Å². The second-order valence-corrected chi connectivity index (χ2v) is 7.23. The number of rotatable bonds is 5. The highest BCUT2D eigenvalue weighted by Gasteiger charge is 2.45. The molecule has 2 aliphatic carbocycles. The average molecular weight is 320 g/mol. The van der Waals surface area contributed by atoms with Gasteiger partial charge in [-0.15, -0.1) is 0 Å². The van der Waals surface area contributed by atoms with Gasteiger partial charge in [0, 0.05) is 24.4 Å². The van der Waals surface area contributed by atoms with Crippen molar-refractivity contribution in [3.8, 4) is 0 Å². The number of hydrogen-bond acceptors (Lipinski definition) is 2. The van der Waals surface area contributed by atoms with Crippen molar-refractivity contribution >= 4 is 5.91 Å². The lowest BCUT2D eigenvalue weighted by atomic mass is 9.94. The molecule has 4 atom stereocenters. The molecule has 1 N–H and O–H groups in total. The maximum Gasteiger partial charge on any atom is 0.223 e. The minimum atomic E-state index is 0.146. The van der Waals surface area contributed by atoms with Gasteiger partial charge in [-0.25, -0.2) is 0 Å². The molecular weight excluding hydrogens is 296 g/mol. The van der Waals surface area contributed by atoms with Crippen LogP contribution in [0.15, 0.2) is 54.9 Å². The van der Waals surface area contributed by atoms with Crippen LogP contribution >= 0.6 is 0 Å². The molecule has 3 nitrogen and oxygen atoms in total. The summed E-state index contributed by atoms with van der Waals surface area (Å²) in [7, 11) is 0. The molecular formula is C21H24N2O. The van der Waals surface area contributed by atoms with Gasteiger partial charge in [0.25, 0.3) is 0 Å². The predicted octanol–water partition coefficient (Wildman–Crippen LogP) is 3.71. The third-order valence-electron chi connectivity index (χ3n) is 5.57. The third-order valence-corrected chi connectivity index (χ3v) is 5.57. The summed E-state index contributed by atoms with van der Waals surface area (Å²) < 4.78 is 0. The second kappa shape index (κ2) is 6.76. The van der Waals surface area contributed by atoms with Gasteiger partial charge in [0.05, 0.1) is 0 Å². The Kier molecular flexibility index (Phi) is 4.33. The molecule has 1 aromatic carbocycles. The van der Waals surface area contributed by atoms with Gasteiger partial charge in [0.15, 0.2) is 0 Å². The van der Waals surface area contributed by atoms with Crippen LogP contribution in [-0.4, -0.2) is 16.9 Å². The molecule has 24 heavy (non-hydrogen) atoms. The second-order valence-electron chi connectivity index (χ2n) is 7.23. The SMILES string of the molecule is O=C(N[C@@H]1CCC[C@@H]1Cc1ccccc1)[C@@H]1C[C@H]1c1cccnc1. The Morgan fingerprint density at radius 2 is 2.00 bits per heavy atom. The Bertz CT molecular complexity index is 685. The quantitative estimate of drug-likeness (QED) is 0.912. The predicted molar refractivity (Wildman–Crippen MR) is 94.5 cm³/mol. The first kappa shape index (κ1) is 15.4. The van der Waals surface area contributed by atoms with Crippen LogP contribution in [0.2, 0.25) is 0 Å². The third kappa shape index (κ3) is 3.35. The Morgan fingerprint density at radius 3 is 2.79 bits per heavy atom. The van der Waals surface area contributed by atoms with Crippen molar-refractivity contribution < 1.29 is 4.79 Å². The first-order valence-electron chi connectivity index (χ1n) is 9.05. The molecule has 3 heteroatoms. The van der Waals surface area contributed by atoms with Crippen molar-refractivity contribution in [2.75, 3.05) is 0 Å². The highest BCUT2D eigenvalue weighted by molar-refractivity contribution is 5.83. The summed E-state index contributed by atoms with van der Waals surface area (Å²) >= 11 is 0. The zero-order valence-corrected chi connectivity index (χ0v) is 13.9. The Morgan fingerprint density at radius 1 is 1.12 bits per heavy atom. The zero-order valence-electron chi connectivity index (χ0n) is 13.9. The van der Waals surface area contributed by atoms with E-state index in [0.29, 0.717) is 17.9 Å². The van der Waals surface area contributed by atoms with E-state index in [4.69, 9.17) is 0 Å². The largest absolute Gasteiger partial charge is 0.353 e. The fourth-order valence-corrected chi connectivity index (χ4v) is 4.13. The van der Waals surface area contributed by atoms with E-state index in [1.54, 1.807) is 6.20 Å². The molecule has 2 fully saturated rings. The van der Waals surface area contributed by atoms with Crippen LogP contribution in [0.5, 0.6) is 0 Å². The number of nitrogens with one attached hydrogen (secondary N) is 1. The van der Waals surface area contributed by atoms with E-state index in [1.807, 2.05) is 12.3 Å². The molecule has 4 rings (SSSR count). The number of amides is 1. The number of aromatic nitrogens is 1. The van der Waals surface area contributed by atoms with Crippen molar-refractivity contribution in [1.29, 1.82) is 0 Å². The maximum absolute atomic E-state index is 12.6. The number of nitrogens with zero attached hydrogens (tertiary/aromatic N) is 1. The topological polar surface area (TPSA) is 42.0 Å². The van der Waals surface area contributed by atoms with Gasteiger partial charge in [-0.1, -0.05) is 42.8 Å². The molecule has 0 saturated heterocycles. The van der Waals surface area contributed by atoms with E-state index in [1.165, 1.54) is 24.0 Å². The van der Waals surface area contributed by atoms with E-state index < -0.39 is 0 Å². The molecule has 1 amide bonds. The van der Waals surface area contributed by atoms with E-state index in [9.17, 15) is 4.79 Å². The molecule has 0 radical (unpaired) electrons. The van der Waals surface area contributed by atoms with Crippen molar-refractivity contribution in [3.05, 3.63) is 66.0 Å². The summed E-state index contributed by atoms with van der Waals surface area (Å²) in [5.74, 6) is 1.33. The number of pyridine rings is 1. The summed E-state index contributed by atoms with van der Waals surface area (Å²) in [6, 6.07) is 15.0. The molecule has 0 aliphatic heterocycles. The van der Waals surface area contributed by atoms with Crippen molar-refractivity contribution in [2.45, 2.75) is 44.1 Å². The Labute approximate surface area is 143 Å². The highest BCUT2D eigenvalue weighted by Crippen LogP contribution is 2.47. The van der Waals surface area contributed by atoms with Gasteiger partial charge in [-0.05, 0) is 54.7 Å². The Balaban J connectivity index is 1.34. The summed E-state index contributed by atoms with van der Waals surface area (Å²) in [5.41, 5.74) is 2.58. The van der Waals surface area contributed by atoms with Gasteiger partial charge in [-0.3, -0.25) is 9.78 Å². The first-order valence-corrected chi connectivity index (χ1v) is 9.05. The molecule has 0 unspecified atom stereocenters. The van der Waals surface area contributed by atoms with Crippen molar-refractivity contribution in [1.82, 2.24) is 10.3 Å². The molecule has 1 aromatic heterocycles. The van der Waals surface area contributed by atoms with Crippen LogP contribution in [0.25, 0.3) is 0 Å². The normalized spacial score (nSPS) is 28.5. The maximum atomic E-state index is 12.6. The summed E-state index contributed by atoms with van der Waals surface area (Å²) in [6.45, 7) is 0. The lowest BCUT2D eigenvalue weighted by molar-refractivity contribution is -0.123. The average Bonchev–Trinajstić information content (AvgIpc) is 3.33. The molecule has 0 bridgehead atoms. The highest BCUT2D eigenvalue weighted by atomic mass is 16.2. The minimum absolute atomic E-state index is 0.146. The monoisotopic (exact) mass is 320 g/mol. The standard InChI is InChI=1S/C21H24N2O/c24-21(19-13-18(19)17-9-5-11-22-14-17)23-20-10-4-8-16(20)12-15-6-2-1-3-7-15/h1-3,5-7,9,11,14,16,18-20H,4,8,10,12-13H2,(H,23,24)/t16-,18+,19-,20-/m1/s1. The fourth-order valence-electron chi connectivity index (χ4n) is 4.13. The fraction of sp³-hybridized carbons (Fsp3) is 0.429. The lowest BCUT2D eigenvalue weighted by Gasteiger charge is -2.21. The van der Waals surface area contributed by atoms with Crippen LogP contribution < -0.4 is 5.32 Å². The van der Waals surface area contributed by atoms with E-state index in [2.05, 4.69) is 46.7 Å². The molecule has 2 aliphatic rings. The molecule has 1 heterocycles. The van der Waals surface area contributed by atoms with Crippen molar-refractivity contribution in [3.63, 3.8) is 0 Å². The first-order chi connectivity index (χ1) is 11.8. The van der Waals surface area contributed by atoms with Crippen LogP contribution in [0.4, 0.5) is 0 Å². The van der Waals surface area contributed by atoms with Gasteiger partial charge < -0.3 is 5.32 Å². The van der Waals surface area contributed by atoms with Gasteiger partial charge in [-0.2, -0.15) is 0 Å². The smallest absolute Gasteiger partial charge is 0.223 e. The summed E-state index contributed by atoms with van der Waals surface area (Å²) in [4.78, 5) is 16.8. The lowest BCUT2D eigenvalue weighted by Crippen LogP contribution is -2.39. The summed E-state index contributed by atoms with van der Waals surface area (Å²) in [5, 5.41) is 3.35. The van der Waals surface area contributed by atoms with Gasteiger partial charge >= 0.3 is 0 Å². The van der Waals surface area contributed by atoms with E-state index >= 15 is 0 Å². The number of carbonyl (C=O) groups is 1. The van der Waals surface area contributed by atoms with Crippen LogP contribution in [-0.2, 0) is 11.2 Å². The summed E-state index contributed by atoms with van der Waals surface area (Å²) in [6.07, 6.45) is 9.28. The number of benzene rings is 1. The molecule has 124 valence electrons. The molecule has 2 saturated carbocycles. The van der Waals surface area contributed by atoms with E-state index in [0.717, 1.165) is 19.3 Å². The zero-order chi connectivity index (χ0) is 16.4. The number of carbonyl (C=O) groups excluding carboxylic acids is 1. The van der Waals surface area contributed by atoms with Crippen LogP contribution in [0.1, 0.15) is 42.7 Å². The minimum Gasteiger partial charge on any atom is -0.353 e. The van der Waals surface area contributed by atoms with E-state index in [-0.39, 0.29) is 11.8 Å².